The van der Waals surface area contributed by atoms with E-state index in [1.54, 1.807) is 10.9 Å². The molecule has 8 heteroatoms. The molecule has 0 saturated carbocycles. The molecule has 6 nitrogen and oxygen atoms in total. The molecular weight excluding hydrogens is 454 g/mol. The van der Waals surface area contributed by atoms with Gasteiger partial charge < -0.3 is 14.7 Å². The fraction of sp³-hybridized carbons (Fsp3) is 0.360. The Morgan fingerprint density at radius 2 is 1.88 bits per heavy atom. The Kier molecular flexibility index (Phi) is 5.33. The maximum Gasteiger partial charge on any atom is 0.275 e. The SMILES string of the molecule is CN1[C@@H]2CC[C@H]1C[C@@H](Oc1ccc(-n3cnc4cc(C(O)c5cccs5)sc4c3=O)cc1)C2. The van der Waals surface area contributed by atoms with E-state index in [0.29, 0.717) is 22.3 Å². The summed E-state index contributed by atoms with van der Waals surface area (Å²) in [6.45, 7) is 0. The standard InChI is InChI=1S/C25H25N3O3S2/c1-27-16-4-5-17(27)12-19(11-16)31-18-8-6-15(7-9-18)28-14-26-20-13-22(33-24(20)25(28)30)23(29)21-3-2-10-32-21/h2-3,6-10,13-14,16-17,19,23,29H,4-5,11-12H2,1H3/t16-,17+,19+,23?. The van der Waals surface area contributed by atoms with E-state index < -0.39 is 6.10 Å². The molecule has 2 aliphatic heterocycles. The van der Waals surface area contributed by atoms with Gasteiger partial charge in [0.2, 0.25) is 0 Å². The van der Waals surface area contributed by atoms with Crippen molar-refractivity contribution in [3.05, 3.63) is 74.3 Å². The van der Waals surface area contributed by atoms with Crippen molar-refractivity contribution in [3.8, 4) is 11.4 Å². The molecule has 170 valence electrons. The van der Waals surface area contributed by atoms with E-state index >= 15 is 0 Å². The first kappa shape index (κ1) is 21.0. The van der Waals surface area contributed by atoms with Gasteiger partial charge in [0.25, 0.3) is 5.56 Å². The summed E-state index contributed by atoms with van der Waals surface area (Å²) in [4.78, 5) is 21.8. The van der Waals surface area contributed by atoms with E-state index in [2.05, 4.69) is 16.9 Å². The lowest BCUT2D eigenvalue weighted by molar-refractivity contribution is 0.0662. The molecule has 33 heavy (non-hydrogen) atoms. The number of nitrogens with zero attached hydrogens (tertiary/aromatic N) is 3. The fourth-order valence-corrected chi connectivity index (χ4v) is 7.02. The van der Waals surface area contributed by atoms with Crippen molar-refractivity contribution in [2.75, 3.05) is 7.05 Å². The number of hydrogen-bond acceptors (Lipinski definition) is 7. The smallest absolute Gasteiger partial charge is 0.275 e. The summed E-state index contributed by atoms with van der Waals surface area (Å²) in [6, 6.07) is 14.6. The minimum absolute atomic E-state index is 0.129. The van der Waals surface area contributed by atoms with Gasteiger partial charge in [-0.05, 0) is 74.5 Å². The number of aliphatic hydroxyl groups is 1. The highest BCUT2D eigenvalue weighted by Crippen LogP contribution is 2.36. The van der Waals surface area contributed by atoms with Crippen LogP contribution in [0, 0.1) is 0 Å². The first-order valence-electron chi connectivity index (χ1n) is 11.3. The Balaban J connectivity index is 1.23. The van der Waals surface area contributed by atoms with E-state index in [-0.39, 0.29) is 11.7 Å². The minimum atomic E-state index is -0.733. The van der Waals surface area contributed by atoms with E-state index in [4.69, 9.17) is 4.74 Å². The van der Waals surface area contributed by atoms with Crippen molar-refractivity contribution < 1.29 is 9.84 Å². The molecule has 2 aliphatic rings. The second-order valence-corrected chi connectivity index (χ2v) is 11.0. The van der Waals surface area contributed by atoms with Gasteiger partial charge in [-0.2, -0.15) is 0 Å². The third-order valence-corrected chi connectivity index (χ3v) is 9.10. The van der Waals surface area contributed by atoms with Gasteiger partial charge in [-0.15, -0.1) is 22.7 Å². The first-order valence-corrected chi connectivity index (χ1v) is 13.0. The molecule has 2 fully saturated rings. The van der Waals surface area contributed by atoms with Crippen LogP contribution < -0.4 is 10.3 Å². The van der Waals surface area contributed by atoms with Gasteiger partial charge in [0.05, 0.1) is 11.2 Å². The molecule has 1 N–H and O–H groups in total. The zero-order valence-corrected chi connectivity index (χ0v) is 19.9. The van der Waals surface area contributed by atoms with Crippen LogP contribution in [0.3, 0.4) is 0 Å². The third kappa shape index (κ3) is 3.81. The van der Waals surface area contributed by atoms with Gasteiger partial charge in [-0.3, -0.25) is 9.36 Å². The van der Waals surface area contributed by atoms with Crippen LogP contribution in [-0.4, -0.2) is 44.8 Å². The quantitative estimate of drug-likeness (QED) is 0.453. The van der Waals surface area contributed by atoms with Crippen LogP contribution in [0.1, 0.15) is 41.5 Å². The molecule has 3 aromatic heterocycles. The van der Waals surface area contributed by atoms with Crippen molar-refractivity contribution in [1.29, 1.82) is 0 Å². The monoisotopic (exact) mass is 479 g/mol. The van der Waals surface area contributed by atoms with Crippen LogP contribution in [0.15, 0.2) is 59.0 Å². The van der Waals surface area contributed by atoms with Gasteiger partial charge >= 0.3 is 0 Å². The summed E-state index contributed by atoms with van der Waals surface area (Å²) in [5.74, 6) is 0.840. The fourth-order valence-electron chi connectivity index (χ4n) is 5.17. The number of piperidine rings is 1. The predicted octanol–water partition coefficient (Wildman–Crippen LogP) is 4.59. The lowest BCUT2D eigenvalue weighted by Crippen LogP contribution is -2.43. The lowest BCUT2D eigenvalue weighted by atomic mass is 10.0. The number of fused-ring (bicyclic) bond motifs is 3. The Morgan fingerprint density at radius 3 is 2.58 bits per heavy atom. The minimum Gasteiger partial charge on any atom is -0.490 e. The molecule has 0 aliphatic carbocycles. The Bertz CT molecular complexity index is 1320. The van der Waals surface area contributed by atoms with Gasteiger partial charge in [0.1, 0.15) is 29.0 Å². The van der Waals surface area contributed by atoms with Gasteiger partial charge in [0.15, 0.2) is 0 Å². The first-order chi connectivity index (χ1) is 16.1. The van der Waals surface area contributed by atoms with E-state index in [1.165, 1.54) is 35.5 Å². The molecular formula is C25H25N3O3S2. The summed E-state index contributed by atoms with van der Waals surface area (Å²) < 4.78 is 8.39. The largest absolute Gasteiger partial charge is 0.490 e. The second-order valence-electron chi connectivity index (χ2n) is 8.96. The molecule has 0 spiro atoms. The number of benzene rings is 1. The average molecular weight is 480 g/mol. The highest BCUT2D eigenvalue weighted by molar-refractivity contribution is 7.19. The number of aliphatic hydroxyl groups excluding tert-OH is 1. The highest BCUT2D eigenvalue weighted by Gasteiger charge is 2.39. The summed E-state index contributed by atoms with van der Waals surface area (Å²) in [7, 11) is 2.23. The van der Waals surface area contributed by atoms with Crippen LogP contribution in [-0.2, 0) is 0 Å². The summed E-state index contributed by atoms with van der Waals surface area (Å²) in [6.07, 6.45) is 5.77. The van der Waals surface area contributed by atoms with Crippen LogP contribution in [0.4, 0.5) is 0 Å². The number of aromatic nitrogens is 2. The molecule has 0 amide bonds. The topological polar surface area (TPSA) is 67.6 Å². The van der Waals surface area contributed by atoms with E-state index in [0.717, 1.165) is 34.0 Å². The highest BCUT2D eigenvalue weighted by atomic mass is 32.1. The molecule has 2 bridgehead atoms. The van der Waals surface area contributed by atoms with Crippen molar-refractivity contribution in [2.24, 2.45) is 0 Å². The summed E-state index contributed by atoms with van der Waals surface area (Å²) in [5.41, 5.74) is 1.23. The molecule has 2 saturated heterocycles. The van der Waals surface area contributed by atoms with E-state index in [9.17, 15) is 9.90 Å². The Labute approximate surface area is 199 Å². The van der Waals surface area contributed by atoms with Crippen LogP contribution in [0.2, 0.25) is 0 Å². The average Bonchev–Trinajstić information content (AvgIpc) is 3.54. The maximum atomic E-state index is 13.2. The lowest BCUT2D eigenvalue weighted by Gasteiger charge is -2.36. The van der Waals surface area contributed by atoms with Gasteiger partial charge in [-0.25, -0.2) is 4.98 Å². The number of ether oxygens (including phenoxy) is 1. The van der Waals surface area contributed by atoms with Crippen molar-refractivity contribution in [1.82, 2.24) is 14.5 Å². The summed E-state index contributed by atoms with van der Waals surface area (Å²) >= 11 is 2.80. The third-order valence-electron chi connectivity index (χ3n) is 7.01. The van der Waals surface area contributed by atoms with Crippen LogP contribution in [0.5, 0.6) is 5.75 Å². The zero-order valence-electron chi connectivity index (χ0n) is 18.3. The molecule has 1 aromatic carbocycles. The number of thiophene rings is 2. The number of hydrogen-bond donors (Lipinski definition) is 1. The van der Waals surface area contributed by atoms with Crippen molar-refractivity contribution in [2.45, 2.75) is 50.0 Å². The molecule has 1 unspecified atom stereocenters. The van der Waals surface area contributed by atoms with Crippen LogP contribution >= 0.6 is 22.7 Å². The molecule has 4 aromatic rings. The van der Waals surface area contributed by atoms with Crippen molar-refractivity contribution >= 4 is 32.9 Å². The maximum absolute atomic E-state index is 13.2. The number of rotatable bonds is 5. The van der Waals surface area contributed by atoms with Gasteiger partial charge in [-0.1, -0.05) is 6.07 Å². The molecule has 4 atom stereocenters. The molecule has 0 radical (unpaired) electrons. The molecule has 5 heterocycles. The summed E-state index contributed by atoms with van der Waals surface area (Å²) in [5, 5.41) is 12.6. The molecule has 6 rings (SSSR count). The second kappa shape index (κ2) is 8.36. The van der Waals surface area contributed by atoms with Gasteiger partial charge in [0, 0.05) is 21.8 Å². The Hall–Kier alpha value is -2.52. The normalized spacial score (nSPS) is 23.8. The van der Waals surface area contributed by atoms with Crippen molar-refractivity contribution in [3.63, 3.8) is 0 Å². The predicted molar refractivity (Wildman–Crippen MR) is 132 cm³/mol. The van der Waals surface area contributed by atoms with Crippen LogP contribution in [0.25, 0.3) is 15.9 Å². The zero-order chi connectivity index (χ0) is 22.5. The van der Waals surface area contributed by atoms with E-state index in [1.807, 2.05) is 47.8 Å². The Morgan fingerprint density at radius 1 is 1.12 bits per heavy atom.